The second kappa shape index (κ2) is 10.2. The van der Waals surface area contributed by atoms with Gasteiger partial charge in [-0.3, -0.25) is 0 Å². The number of carboxylic acid groups (broad SMARTS) is 1. The molecule has 2 aromatic carbocycles. The number of aliphatic carboxylic acids is 1. The molecule has 0 spiro atoms. The molecule has 0 unspecified atom stereocenters. The zero-order chi connectivity index (χ0) is 17.1. The molecule has 0 heterocycles. The van der Waals surface area contributed by atoms with Gasteiger partial charge in [-0.05, 0) is 42.8 Å². The molecule has 0 fully saturated rings. The molecule has 0 atom stereocenters. The van der Waals surface area contributed by atoms with Gasteiger partial charge in [0.1, 0.15) is 12.4 Å². The van der Waals surface area contributed by atoms with Gasteiger partial charge in [-0.15, -0.1) is 0 Å². The molecule has 122 valence electrons. The van der Waals surface area contributed by atoms with Gasteiger partial charge in [-0.25, -0.2) is 4.79 Å². The molecule has 4 nitrogen and oxygen atoms in total. The summed E-state index contributed by atoms with van der Waals surface area (Å²) in [6.45, 7) is 4.74. The maximum absolute atomic E-state index is 10.7. The Labute approximate surface area is 137 Å². The van der Waals surface area contributed by atoms with Crippen molar-refractivity contribution >= 4 is 12.0 Å². The zero-order valence-electron chi connectivity index (χ0n) is 13.5. The number of ether oxygens (including phenoxy) is 1. The summed E-state index contributed by atoms with van der Waals surface area (Å²) in [4.78, 5) is 10.7. The van der Waals surface area contributed by atoms with Crippen molar-refractivity contribution in [3.63, 3.8) is 0 Å². The van der Waals surface area contributed by atoms with Crippen LogP contribution in [-0.2, 0) is 11.4 Å². The number of rotatable bonds is 5. The molecule has 2 rings (SSSR count). The van der Waals surface area contributed by atoms with Gasteiger partial charge in [0.25, 0.3) is 0 Å². The van der Waals surface area contributed by atoms with Crippen LogP contribution in [0.15, 0.2) is 60.2 Å². The fourth-order valence-corrected chi connectivity index (χ4v) is 1.71. The summed E-state index contributed by atoms with van der Waals surface area (Å²) in [6.07, 6.45) is 1.63. The third kappa shape index (κ3) is 7.29. The Kier molecular flexibility index (Phi) is 8.18. The molecule has 0 amide bonds. The first kappa shape index (κ1) is 18.5. The predicted octanol–water partition coefficient (Wildman–Crippen LogP) is 3.72. The largest absolute Gasteiger partial charge is 0.489 e. The van der Waals surface area contributed by atoms with Gasteiger partial charge in [0.2, 0.25) is 0 Å². The van der Waals surface area contributed by atoms with Crippen molar-refractivity contribution in [2.75, 3.05) is 6.54 Å². The van der Waals surface area contributed by atoms with E-state index >= 15 is 0 Å². The standard InChI is InChI=1S/C17H16O3.C2H7N/c1-13(17(18)19)11-14-7-9-16(10-8-14)20-12-15-5-3-2-4-6-15;1-2-3/h2-11H,12H2,1H3,(H,18,19);2-3H2,1H3. The van der Waals surface area contributed by atoms with Crippen LogP contribution in [0.5, 0.6) is 5.75 Å². The van der Waals surface area contributed by atoms with E-state index < -0.39 is 5.97 Å². The summed E-state index contributed by atoms with van der Waals surface area (Å²) in [5, 5.41) is 8.82. The highest BCUT2D eigenvalue weighted by atomic mass is 16.5. The fourth-order valence-electron chi connectivity index (χ4n) is 1.71. The Bertz CT molecular complexity index is 619. The van der Waals surface area contributed by atoms with E-state index in [-0.39, 0.29) is 0 Å². The van der Waals surface area contributed by atoms with Crippen molar-refractivity contribution in [3.8, 4) is 5.75 Å². The lowest BCUT2D eigenvalue weighted by Crippen LogP contribution is -1.96. The third-order valence-electron chi connectivity index (χ3n) is 2.85. The lowest BCUT2D eigenvalue weighted by Gasteiger charge is -2.06. The van der Waals surface area contributed by atoms with Crippen LogP contribution in [0.2, 0.25) is 0 Å². The average molecular weight is 313 g/mol. The molecule has 0 saturated carbocycles. The molecule has 0 aliphatic rings. The number of nitrogens with two attached hydrogens (primary N) is 1. The monoisotopic (exact) mass is 313 g/mol. The number of hydrogen-bond acceptors (Lipinski definition) is 3. The molecule has 0 saturated heterocycles. The SMILES string of the molecule is CC(=Cc1ccc(OCc2ccccc2)cc1)C(=O)O.CCN. The van der Waals surface area contributed by atoms with E-state index in [1.807, 2.05) is 61.5 Å². The van der Waals surface area contributed by atoms with Crippen LogP contribution in [0.25, 0.3) is 6.08 Å². The minimum Gasteiger partial charge on any atom is -0.489 e. The number of carbonyl (C=O) groups is 1. The van der Waals surface area contributed by atoms with Crippen LogP contribution in [0.3, 0.4) is 0 Å². The van der Waals surface area contributed by atoms with E-state index in [4.69, 9.17) is 15.6 Å². The minimum absolute atomic E-state index is 0.308. The van der Waals surface area contributed by atoms with Crippen molar-refractivity contribution < 1.29 is 14.6 Å². The van der Waals surface area contributed by atoms with Gasteiger partial charge in [0.05, 0.1) is 0 Å². The van der Waals surface area contributed by atoms with Gasteiger partial charge in [0.15, 0.2) is 0 Å². The summed E-state index contributed by atoms with van der Waals surface area (Å²) < 4.78 is 5.66. The Morgan fingerprint density at radius 1 is 1.13 bits per heavy atom. The number of carboxylic acids is 1. The Hall–Kier alpha value is -2.59. The molecule has 0 aliphatic carbocycles. The molecule has 3 N–H and O–H groups in total. The van der Waals surface area contributed by atoms with E-state index in [0.29, 0.717) is 12.2 Å². The Balaban J connectivity index is 0.000000816. The van der Waals surface area contributed by atoms with Crippen LogP contribution in [0, 0.1) is 0 Å². The molecule has 23 heavy (non-hydrogen) atoms. The van der Waals surface area contributed by atoms with Crippen LogP contribution in [0.4, 0.5) is 0 Å². The molecule has 0 aliphatic heterocycles. The van der Waals surface area contributed by atoms with Crippen molar-refractivity contribution in [1.29, 1.82) is 0 Å². The quantitative estimate of drug-likeness (QED) is 0.825. The second-order valence-corrected chi connectivity index (χ2v) is 4.88. The van der Waals surface area contributed by atoms with Crippen molar-refractivity contribution in [3.05, 3.63) is 71.3 Å². The van der Waals surface area contributed by atoms with E-state index in [1.165, 1.54) is 0 Å². The van der Waals surface area contributed by atoms with E-state index in [0.717, 1.165) is 23.4 Å². The summed E-state index contributed by atoms with van der Waals surface area (Å²) in [5.41, 5.74) is 7.11. The number of benzene rings is 2. The van der Waals surface area contributed by atoms with Crippen LogP contribution < -0.4 is 10.5 Å². The average Bonchev–Trinajstić information content (AvgIpc) is 2.56. The fraction of sp³-hybridized carbons (Fsp3) is 0.211. The topological polar surface area (TPSA) is 72.5 Å². The third-order valence-corrected chi connectivity index (χ3v) is 2.85. The van der Waals surface area contributed by atoms with Crippen LogP contribution in [-0.4, -0.2) is 17.6 Å². The summed E-state index contributed by atoms with van der Waals surface area (Å²) in [6, 6.07) is 17.3. The lowest BCUT2D eigenvalue weighted by molar-refractivity contribution is -0.132. The predicted molar refractivity (Wildman–Crippen MR) is 93.2 cm³/mol. The summed E-state index contributed by atoms with van der Waals surface area (Å²) >= 11 is 0. The maximum atomic E-state index is 10.7. The van der Waals surface area contributed by atoms with Crippen LogP contribution in [0.1, 0.15) is 25.0 Å². The minimum atomic E-state index is -0.908. The first-order valence-corrected chi connectivity index (χ1v) is 7.45. The maximum Gasteiger partial charge on any atom is 0.331 e. The molecule has 2 aromatic rings. The smallest absolute Gasteiger partial charge is 0.331 e. The summed E-state index contributed by atoms with van der Waals surface area (Å²) in [7, 11) is 0. The van der Waals surface area contributed by atoms with Crippen molar-refractivity contribution in [2.45, 2.75) is 20.5 Å². The van der Waals surface area contributed by atoms with Gasteiger partial charge in [0, 0.05) is 5.57 Å². The highest BCUT2D eigenvalue weighted by Crippen LogP contribution is 2.16. The van der Waals surface area contributed by atoms with Gasteiger partial charge in [-0.2, -0.15) is 0 Å². The first-order chi connectivity index (χ1) is 11.1. The Morgan fingerprint density at radius 3 is 2.22 bits per heavy atom. The molecule has 0 radical (unpaired) electrons. The van der Waals surface area contributed by atoms with Gasteiger partial charge >= 0.3 is 5.97 Å². The number of hydrogen-bond donors (Lipinski definition) is 2. The van der Waals surface area contributed by atoms with E-state index in [1.54, 1.807) is 13.0 Å². The van der Waals surface area contributed by atoms with E-state index in [9.17, 15) is 4.79 Å². The van der Waals surface area contributed by atoms with Crippen LogP contribution >= 0.6 is 0 Å². The van der Waals surface area contributed by atoms with E-state index in [2.05, 4.69) is 0 Å². The van der Waals surface area contributed by atoms with Gasteiger partial charge < -0.3 is 15.6 Å². The lowest BCUT2D eigenvalue weighted by atomic mass is 10.1. The summed E-state index contributed by atoms with van der Waals surface area (Å²) in [5.74, 6) is -0.145. The van der Waals surface area contributed by atoms with Gasteiger partial charge in [-0.1, -0.05) is 49.4 Å². The zero-order valence-corrected chi connectivity index (χ0v) is 13.5. The Morgan fingerprint density at radius 2 is 1.70 bits per heavy atom. The highest BCUT2D eigenvalue weighted by Gasteiger charge is 2.00. The first-order valence-electron chi connectivity index (χ1n) is 7.45. The van der Waals surface area contributed by atoms with Crippen molar-refractivity contribution in [2.24, 2.45) is 5.73 Å². The highest BCUT2D eigenvalue weighted by molar-refractivity contribution is 5.91. The normalized spacial score (nSPS) is 10.5. The molecular formula is C19H23NO3. The second-order valence-electron chi connectivity index (χ2n) is 4.88. The molecule has 4 heteroatoms. The molecule has 0 bridgehead atoms. The van der Waals surface area contributed by atoms with Crippen molar-refractivity contribution in [1.82, 2.24) is 0 Å². The molecule has 0 aromatic heterocycles. The molecular weight excluding hydrogens is 290 g/mol.